The second-order valence-electron chi connectivity index (χ2n) is 3.39. The third kappa shape index (κ3) is 3.56. The van der Waals surface area contributed by atoms with Gasteiger partial charge in [-0.25, -0.2) is 4.98 Å². The van der Waals surface area contributed by atoms with Crippen molar-refractivity contribution in [2.24, 2.45) is 13.0 Å². The first-order valence-corrected chi connectivity index (χ1v) is 4.16. The minimum absolute atomic E-state index is 0. The first-order valence-electron chi connectivity index (χ1n) is 4.16. The topological polar surface area (TPSA) is 17.8 Å². The summed E-state index contributed by atoms with van der Waals surface area (Å²) in [6, 6.07) is 0. The molecule has 0 aliphatic heterocycles. The van der Waals surface area contributed by atoms with Crippen LogP contribution in [0.2, 0.25) is 0 Å². The molecule has 0 bridgehead atoms. The molecular formula is C9H17IN2. The van der Waals surface area contributed by atoms with Crippen LogP contribution in [0.15, 0.2) is 12.4 Å². The number of aryl methyl sites for hydroxylation is 2. The molecule has 0 unspecified atom stereocenters. The molecule has 0 amide bonds. The largest absolute Gasteiger partial charge is 0.338 e. The highest BCUT2D eigenvalue weighted by molar-refractivity contribution is 14.0. The Bertz CT molecular complexity index is 218. The zero-order valence-electron chi connectivity index (χ0n) is 7.95. The predicted molar refractivity (Wildman–Crippen MR) is 61.8 cm³/mol. The van der Waals surface area contributed by atoms with Crippen LogP contribution in [-0.4, -0.2) is 9.55 Å². The van der Waals surface area contributed by atoms with Gasteiger partial charge < -0.3 is 4.57 Å². The van der Waals surface area contributed by atoms with Crippen LogP contribution in [0.25, 0.3) is 0 Å². The van der Waals surface area contributed by atoms with Crippen LogP contribution in [0.1, 0.15) is 26.1 Å². The lowest BCUT2D eigenvalue weighted by Gasteiger charge is -2.03. The standard InChI is InChI=1S/C9H16N2.HI/c1-8(2)4-5-9-10-6-7-11(9)3;/h6-8H,4-5H2,1-3H3;1H. The number of imidazole rings is 1. The van der Waals surface area contributed by atoms with E-state index in [1.54, 1.807) is 0 Å². The number of hydrogen-bond donors (Lipinski definition) is 0. The van der Waals surface area contributed by atoms with E-state index >= 15 is 0 Å². The van der Waals surface area contributed by atoms with E-state index in [0.29, 0.717) is 0 Å². The van der Waals surface area contributed by atoms with Gasteiger partial charge in [0.05, 0.1) is 0 Å². The van der Waals surface area contributed by atoms with E-state index in [2.05, 4.69) is 23.4 Å². The molecule has 1 heterocycles. The second kappa shape index (κ2) is 5.56. The molecule has 1 aromatic rings. The van der Waals surface area contributed by atoms with Crippen molar-refractivity contribution in [1.29, 1.82) is 0 Å². The van der Waals surface area contributed by atoms with Crippen LogP contribution < -0.4 is 0 Å². The first-order chi connectivity index (χ1) is 5.20. The zero-order valence-corrected chi connectivity index (χ0v) is 10.3. The molecule has 0 aliphatic carbocycles. The molecule has 12 heavy (non-hydrogen) atoms. The summed E-state index contributed by atoms with van der Waals surface area (Å²) in [5, 5.41) is 0. The average Bonchev–Trinajstić information content (AvgIpc) is 2.31. The average molecular weight is 280 g/mol. The summed E-state index contributed by atoms with van der Waals surface area (Å²) < 4.78 is 2.09. The molecule has 0 saturated heterocycles. The minimum Gasteiger partial charge on any atom is -0.338 e. The molecule has 3 heteroatoms. The van der Waals surface area contributed by atoms with E-state index in [9.17, 15) is 0 Å². The molecule has 0 aliphatic rings. The highest BCUT2D eigenvalue weighted by Gasteiger charge is 1.99. The van der Waals surface area contributed by atoms with Crippen molar-refractivity contribution in [3.8, 4) is 0 Å². The Morgan fingerprint density at radius 2 is 2.17 bits per heavy atom. The summed E-state index contributed by atoms with van der Waals surface area (Å²) in [4.78, 5) is 4.25. The molecule has 0 N–H and O–H groups in total. The maximum absolute atomic E-state index is 4.25. The number of rotatable bonds is 3. The van der Waals surface area contributed by atoms with Gasteiger partial charge in [-0.15, -0.1) is 24.0 Å². The van der Waals surface area contributed by atoms with Crippen molar-refractivity contribution in [1.82, 2.24) is 9.55 Å². The van der Waals surface area contributed by atoms with Crippen LogP contribution in [-0.2, 0) is 13.5 Å². The van der Waals surface area contributed by atoms with Gasteiger partial charge >= 0.3 is 0 Å². The summed E-state index contributed by atoms with van der Waals surface area (Å²) in [7, 11) is 2.04. The SMILES string of the molecule is CC(C)CCc1nccn1C.I. The molecule has 70 valence electrons. The van der Waals surface area contributed by atoms with E-state index in [1.807, 2.05) is 19.4 Å². The Morgan fingerprint density at radius 1 is 1.50 bits per heavy atom. The molecule has 0 spiro atoms. The fourth-order valence-electron chi connectivity index (χ4n) is 1.06. The van der Waals surface area contributed by atoms with Crippen LogP contribution in [0.3, 0.4) is 0 Å². The van der Waals surface area contributed by atoms with Crippen molar-refractivity contribution in [2.45, 2.75) is 26.7 Å². The molecule has 0 fully saturated rings. The summed E-state index contributed by atoms with van der Waals surface area (Å²) >= 11 is 0. The Kier molecular flexibility index (Phi) is 5.53. The van der Waals surface area contributed by atoms with Crippen molar-refractivity contribution < 1.29 is 0 Å². The molecule has 0 radical (unpaired) electrons. The number of nitrogens with zero attached hydrogens (tertiary/aromatic N) is 2. The van der Waals surface area contributed by atoms with Crippen LogP contribution in [0, 0.1) is 5.92 Å². The van der Waals surface area contributed by atoms with Crippen molar-refractivity contribution in [3.05, 3.63) is 18.2 Å². The lowest BCUT2D eigenvalue weighted by Crippen LogP contribution is -1.99. The van der Waals surface area contributed by atoms with Crippen molar-refractivity contribution in [3.63, 3.8) is 0 Å². The molecule has 1 rings (SSSR count). The molecule has 0 saturated carbocycles. The molecule has 0 atom stereocenters. The van der Waals surface area contributed by atoms with Crippen LogP contribution in [0.4, 0.5) is 0 Å². The Balaban J connectivity index is 0.00000121. The van der Waals surface area contributed by atoms with Gasteiger partial charge in [-0.1, -0.05) is 13.8 Å². The first kappa shape index (κ1) is 11.9. The molecule has 0 aromatic carbocycles. The third-order valence-electron chi connectivity index (χ3n) is 1.87. The summed E-state index contributed by atoms with van der Waals surface area (Å²) in [5.41, 5.74) is 0. The maximum atomic E-state index is 4.25. The quantitative estimate of drug-likeness (QED) is 0.778. The monoisotopic (exact) mass is 280 g/mol. The molecule has 2 nitrogen and oxygen atoms in total. The number of aromatic nitrogens is 2. The minimum atomic E-state index is 0. The zero-order chi connectivity index (χ0) is 8.27. The lowest BCUT2D eigenvalue weighted by molar-refractivity contribution is 0.566. The van der Waals surface area contributed by atoms with Gasteiger partial charge in [-0.05, 0) is 12.3 Å². The van der Waals surface area contributed by atoms with E-state index in [-0.39, 0.29) is 24.0 Å². The van der Waals surface area contributed by atoms with Crippen molar-refractivity contribution in [2.75, 3.05) is 0 Å². The van der Waals surface area contributed by atoms with E-state index < -0.39 is 0 Å². The lowest BCUT2D eigenvalue weighted by atomic mass is 10.1. The summed E-state index contributed by atoms with van der Waals surface area (Å²) in [6.07, 6.45) is 6.18. The molecule has 1 aromatic heterocycles. The van der Waals surface area contributed by atoms with Gasteiger partial charge in [-0.2, -0.15) is 0 Å². The van der Waals surface area contributed by atoms with E-state index in [1.165, 1.54) is 12.2 Å². The molecular weight excluding hydrogens is 263 g/mol. The predicted octanol–water partition coefficient (Wildman–Crippen LogP) is 2.63. The summed E-state index contributed by atoms with van der Waals surface area (Å²) in [5.74, 6) is 1.96. The van der Waals surface area contributed by atoms with Gasteiger partial charge in [-0.3, -0.25) is 0 Å². The highest BCUT2D eigenvalue weighted by atomic mass is 127. The van der Waals surface area contributed by atoms with Crippen molar-refractivity contribution >= 4 is 24.0 Å². The smallest absolute Gasteiger partial charge is 0.108 e. The number of hydrogen-bond acceptors (Lipinski definition) is 1. The Hall–Kier alpha value is -0.0600. The fraction of sp³-hybridized carbons (Fsp3) is 0.667. The van der Waals surface area contributed by atoms with Gasteiger partial charge in [0.1, 0.15) is 5.82 Å². The van der Waals surface area contributed by atoms with Crippen LogP contribution in [0.5, 0.6) is 0 Å². The van der Waals surface area contributed by atoms with Gasteiger partial charge in [0, 0.05) is 25.9 Å². The van der Waals surface area contributed by atoms with Gasteiger partial charge in [0.15, 0.2) is 0 Å². The second-order valence-corrected chi connectivity index (χ2v) is 3.39. The number of halogens is 1. The van der Waals surface area contributed by atoms with Gasteiger partial charge in [0.25, 0.3) is 0 Å². The fourth-order valence-corrected chi connectivity index (χ4v) is 1.06. The van der Waals surface area contributed by atoms with Gasteiger partial charge in [0.2, 0.25) is 0 Å². The van der Waals surface area contributed by atoms with Crippen LogP contribution >= 0.6 is 24.0 Å². The maximum Gasteiger partial charge on any atom is 0.108 e. The van der Waals surface area contributed by atoms with E-state index in [4.69, 9.17) is 0 Å². The Labute approximate surface area is 91.4 Å². The summed E-state index contributed by atoms with van der Waals surface area (Å²) in [6.45, 7) is 4.48. The Morgan fingerprint density at radius 3 is 2.58 bits per heavy atom. The third-order valence-corrected chi connectivity index (χ3v) is 1.87. The highest BCUT2D eigenvalue weighted by Crippen LogP contribution is 2.05. The normalized spacial score (nSPS) is 10.0. The van der Waals surface area contributed by atoms with E-state index in [0.717, 1.165) is 12.3 Å².